The van der Waals surface area contributed by atoms with Gasteiger partial charge in [-0.2, -0.15) is 5.10 Å². The highest BCUT2D eigenvalue weighted by Gasteiger charge is 2.16. The van der Waals surface area contributed by atoms with Gasteiger partial charge in [0, 0.05) is 18.0 Å². The van der Waals surface area contributed by atoms with E-state index in [2.05, 4.69) is 10.1 Å². The van der Waals surface area contributed by atoms with Gasteiger partial charge in [-0.1, -0.05) is 42.5 Å². The quantitative estimate of drug-likeness (QED) is 0.465. The van der Waals surface area contributed by atoms with Gasteiger partial charge in [0.05, 0.1) is 24.1 Å². The fourth-order valence-electron chi connectivity index (χ4n) is 3.30. The molecule has 0 bridgehead atoms. The van der Waals surface area contributed by atoms with Crippen LogP contribution in [0.5, 0.6) is 0 Å². The van der Waals surface area contributed by atoms with E-state index in [-0.39, 0.29) is 17.9 Å². The first-order valence-corrected chi connectivity index (χ1v) is 10.7. The Morgan fingerprint density at radius 2 is 1.65 bits per heavy atom. The summed E-state index contributed by atoms with van der Waals surface area (Å²) < 4.78 is 35.0. The van der Waals surface area contributed by atoms with Crippen LogP contribution in [-0.4, -0.2) is 23.5 Å². The van der Waals surface area contributed by atoms with E-state index < -0.39 is 16.9 Å². The van der Waals surface area contributed by atoms with Crippen molar-refractivity contribution >= 4 is 11.1 Å². The van der Waals surface area contributed by atoms with Gasteiger partial charge in [0.2, 0.25) is 0 Å². The predicted molar refractivity (Wildman–Crippen MR) is 117 cm³/mol. The molecule has 0 fully saturated rings. The zero-order valence-corrected chi connectivity index (χ0v) is 17.1. The molecule has 2 aromatic carbocycles. The van der Waals surface area contributed by atoms with E-state index in [0.29, 0.717) is 22.3 Å². The Balaban J connectivity index is 1.82. The molecular formula is C23H18FN3O3S. The summed E-state index contributed by atoms with van der Waals surface area (Å²) in [5.41, 5.74) is 3.51. The molecule has 0 saturated heterocycles. The van der Waals surface area contributed by atoms with Crippen LogP contribution >= 0.6 is 0 Å². The molecule has 0 spiro atoms. The molecular weight excluding hydrogens is 417 g/mol. The third-order valence-corrected chi connectivity index (χ3v) is 5.37. The first-order valence-electron chi connectivity index (χ1n) is 9.43. The molecule has 156 valence electrons. The molecule has 1 atom stereocenters. The highest BCUT2D eigenvalue weighted by molar-refractivity contribution is 7.78. The summed E-state index contributed by atoms with van der Waals surface area (Å²) in [6.07, 6.45) is 4.93. The summed E-state index contributed by atoms with van der Waals surface area (Å²) in [6, 6.07) is 16.4. The lowest BCUT2D eigenvalue weighted by atomic mass is 9.96. The predicted octanol–water partition coefficient (Wildman–Crippen LogP) is 3.88. The molecule has 0 aliphatic heterocycles. The van der Waals surface area contributed by atoms with E-state index >= 15 is 0 Å². The van der Waals surface area contributed by atoms with E-state index in [0.717, 1.165) is 11.1 Å². The molecule has 0 aliphatic rings. The Bertz CT molecular complexity index is 1270. The molecule has 2 aromatic heterocycles. The smallest absolute Gasteiger partial charge is 0.275 e. The van der Waals surface area contributed by atoms with Crippen LogP contribution in [0.1, 0.15) is 11.1 Å². The number of hydrogen-bond acceptors (Lipinski definition) is 4. The third-order valence-electron chi connectivity index (χ3n) is 4.79. The molecule has 0 radical (unpaired) electrons. The van der Waals surface area contributed by atoms with Crippen LogP contribution in [0.4, 0.5) is 4.39 Å². The Hall–Kier alpha value is -3.49. The minimum atomic E-state index is -1.94. The number of rotatable bonds is 6. The van der Waals surface area contributed by atoms with Gasteiger partial charge >= 0.3 is 0 Å². The lowest BCUT2D eigenvalue weighted by Crippen LogP contribution is -2.25. The number of nitrogens with zero attached hydrogens (tertiary/aromatic N) is 3. The Morgan fingerprint density at radius 3 is 2.29 bits per heavy atom. The highest BCUT2D eigenvalue weighted by atomic mass is 32.2. The van der Waals surface area contributed by atoms with Gasteiger partial charge in [0.1, 0.15) is 5.82 Å². The average Bonchev–Trinajstić information content (AvgIpc) is 2.77. The van der Waals surface area contributed by atoms with Gasteiger partial charge in [-0.15, -0.1) is 0 Å². The second-order valence-electron chi connectivity index (χ2n) is 6.93. The van der Waals surface area contributed by atoms with Crippen LogP contribution in [0.15, 0.2) is 84.0 Å². The zero-order valence-electron chi connectivity index (χ0n) is 16.3. The number of halogens is 1. The van der Waals surface area contributed by atoms with Gasteiger partial charge in [0.15, 0.2) is 11.1 Å². The lowest BCUT2D eigenvalue weighted by molar-refractivity contribution is 0.563. The Morgan fingerprint density at radius 1 is 0.935 bits per heavy atom. The molecule has 0 amide bonds. The summed E-state index contributed by atoms with van der Waals surface area (Å²) in [5, 5.41) is 4.34. The van der Waals surface area contributed by atoms with Crippen LogP contribution < -0.4 is 5.56 Å². The molecule has 1 N–H and O–H groups in total. The number of hydrogen-bond donors (Lipinski definition) is 1. The van der Waals surface area contributed by atoms with E-state index in [1.165, 1.54) is 16.8 Å². The van der Waals surface area contributed by atoms with Crippen molar-refractivity contribution in [2.45, 2.75) is 12.3 Å². The maximum Gasteiger partial charge on any atom is 0.275 e. The SMILES string of the molecule is O=c1c(-c2ccc(F)cc2)c(-c2ccc(CS(=O)O)cc2)cnn1Cc1cccnc1. The first-order chi connectivity index (χ1) is 15.0. The van der Waals surface area contributed by atoms with Crippen molar-refractivity contribution in [3.63, 3.8) is 0 Å². The van der Waals surface area contributed by atoms with Crippen molar-refractivity contribution in [1.82, 2.24) is 14.8 Å². The van der Waals surface area contributed by atoms with E-state index in [9.17, 15) is 13.4 Å². The van der Waals surface area contributed by atoms with Gasteiger partial charge in [-0.25, -0.2) is 13.3 Å². The molecule has 0 aliphatic carbocycles. The van der Waals surface area contributed by atoms with E-state index in [1.54, 1.807) is 61.1 Å². The summed E-state index contributed by atoms with van der Waals surface area (Å²) >= 11 is -1.94. The summed E-state index contributed by atoms with van der Waals surface area (Å²) in [5.74, 6) is -0.368. The fourth-order valence-corrected chi connectivity index (χ4v) is 3.78. The molecule has 4 aromatic rings. The molecule has 1 unspecified atom stereocenters. The Kier molecular flexibility index (Phi) is 6.11. The highest BCUT2D eigenvalue weighted by Crippen LogP contribution is 2.29. The number of pyridine rings is 1. The number of aromatic nitrogens is 3. The van der Waals surface area contributed by atoms with Crippen LogP contribution in [0.3, 0.4) is 0 Å². The zero-order chi connectivity index (χ0) is 21.8. The van der Waals surface area contributed by atoms with Gasteiger partial charge in [0.25, 0.3) is 5.56 Å². The first kappa shape index (κ1) is 20.8. The summed E-state index contributed by atoms with van der Waals surface area (Å²) in [6.45, 7) is 0.252. The summed E-state index contributed by atoms with van der Waals surface area (Å²) in [4.78, 5) is 17.4. The molecule has 8 heteroatoms. The van der Waals surface area contributed by atoms with Gasteiger partial charge in [-0.05, 0) is 40.5 Å². The second-order valence-corrected chi connectivity index (χ2v) is 7.86. The molecule has 0 saturated carbocycles. The van der Waals surface area contributed by atoms with Crippen molar-refractivity contribution in [3.8, 4) is 22.3 Å². The van der Waals surface area contributed by atoms with Gasteiger partial charge < -0.3 is 4.55 Å². The van der Waals surface area contributed by atoms with Crippen molar-refractivity contribution in [2.24, 2.45) is 0 Å². The van der Waals surface area contributed by atoms with Crippen molar-refractivity contribution in [2.75, 3.05) is 0 Å². The minimum absolute atomic E-state index is 0.0239. The van der Waals surface area contributed by atoms with E-state index in [4.69, 9.17) is 4.55 Å². The minimum Gasteiger partial charge on any atom is -0.306 e. The van der Waals surface area contributed by atoms with Crippen LogP contribution in [0, 0.1) is 5.82 Å². The maximum atomic E-state index is 13.5. The van der Waals surface area contributed by atoms with E-state index in [1.807, 2.05) is 6.07 Å². The normalized spacial score (nSPS) is 11.9. The lowest BCUT2D eigenvalue weighted by Gasteiger charge is -2.13. The molecule has 31 heavy (non-hydrogen) atoms. The van der Waals surface area contributed by atoms with Gasteiger partial charge in [-0.3, -0.25) is 9.78 Å². The largest absolute Gasteiger partial charge is 0.306 e. The van der Waals surface area contributed by atoms with Crippen molar-refractivity contribution in [3.05, 3.63) is 107 Å². The van der Waals surface area contributed by atoms with Crippen LogP contribution in [0.25, 0.3) is 22.3 Å². The molecule has 2 heterocycles. The third kappa shape index (κ3) is 4.82. The van der Waals surface area contributed by atoms with Crippen molar-refractivity contribution < 1.29 is 13.2 Å². The standard InChI is InChI=1S/C23H18FN3O3S/c24-20-9-7-19(8-10-20)22-21(18-5-3-16(4-6-18)15-31(29)30)13-26-27(23(22)28)14-17-2-1-11-25-12-17/h1-13H,14-15H2,(H,29,30). The monoisotopic (exact) mass is 435 g/mol. The van der Waals surface area contributed by atoms with Crippen molar-refractivity contribution in [1.29, 1.82) is 0 Å². The summed E-state index contributed by atoms with van der Waals surface area (Å²) in [7, 11) is 0. The second kappa shape index (κ2) is 9.11. The average molecular weight is 435 g/mol. The number of benzene rings is 2. The Labute approximate surface area is 180 Å². The molecule has 4 rings (SSSR count). The topological polar surface area (TPSA) is 85.1 Å². The van der Waals surface area contributed by atoms with Crippen LogP contribution in [-0.2, 0) is 23.4 Å². The molecule has 6 nitrogen and oxygen atoms in total. The fraction of sp³-hybridized carbons (Fsp3) is 0.0870. The maximum absolute atomic E-state index is 13.5. The van der Waals surface area contributed by atoms with Crippen LogP contribution in [0.2, 0.25) is 0 Å².